The summed E-state index contributed by atoms with van der Waals surface area (Å²) in [6.07, 6.45) is 1.16. The van der Waals surface area contributed by atoms with Crippen LogP contribution in [0.15, 0.2) is 82.0 Å². The fourth-order valence-electron chi connectivity index (χ4n) is 4.95. The van der Waals surface area contributed by atoms with Crippen LogP contribution in [0, 0.1) is 6.92 Å². The number of carbonyl (C=O) groups is 1. The second kappa shape index (κ2) is 11.4. The first kappa shape index (κ1) is 26.7. The van der Waals surface area contributed by atoms with Crippen molar-refractivity contribution < 1.29 is 9.21 Å². The van der Waals surface area contributed by atoms with Crippen LogP contribution in [0.1, 0.15) is 53.1 Å². The third kappa shape index (κ3) is 5.33. The Balaban J connectivity index is 1.73. The van der Waals surface area contributed by atoms with Crippen LogP contribution in [0.2, 0.25) is 5.02 Å². The van der Waals surface area contributed by atoms with E-state index in [1.165, 1.54) is 0 Å². The molecule has 5 rings (SSSR count). The first-order chi connectivity index (χ1) is 18.9. The first-order valence-corrected chi connectivity index (χ1v) is 13.5. The van der Waals surface area contributed by atoms with E-state index >= 15 is 0 Å². The lowest BCUT2D eigenvalue weighted by Gasteiger charge is -2.32. The molecule has 0 aliphatic rings. The molecular formula is C31H31ClN4O3. The molecule has 1 amide bonds. The van der Waals surface area contributed by atoms with E-state index in [-0.39, 0.29) is 23.6 Å². The van der Waals surface area contributed by atoms with Crippen LogP contribution in [0.5, 0.6) is 0 Å². The van der Waals surface area contributed by atoms with Crippen molar-refractivity contribution in [3.05, 3.63) is 111 Å². The summed E-state index contributed by atoms with van der Waals surface area (Å²) in [6.45, 7) is 5.13. The number of carbonyl (C=O) groups excluding carboxylic acids is 1. The van der Waals surface area contributed by atoms with Gasteiger partial charge < -0.3 is 15.1 Å². The molecule has 39 heavy (non-hydrogen) atoms. The summed E-state index contributed by atoms with van der Waals surface area (Å²) in [7, 11) is 0. The van der Waals surface area contributed by atoms with Crippen molar-refractivity contribution in [3.63, 3.8) is 0 Å². The minimum atomic E-state index is -0.477. The summed E-state index contributed by atoms with van der Waals surface area (Å²) >= 11 is 6.29. The number of hydrogen-bond donors (Lipinski definition) is 1. The molecule has 3 aromatic carbocycles. The number of amides is 1. The number of fused-ring (bicyclic) bond motifs is 3. The van der Waals surface area contributed by atoms with Gasteiger partial charge in [-0.2, -0.15) is 0 Å². The number of nitrogens with zero attached hydrogens (tertiary/aromatic N) is 3. The highest BCUT2D eigenvalue weighted by atomic mass is 35.5. The lowest BCUT2D eigenvalue weighted by atomic mass is 10.1. The van der Waals surface area contributed by atoms with Gasteiger partial charge in [0.05, 0.1) is 12.6 Å². The van der Waals surface area contributed by atoms with Crippen molar-refractivity contribution in [1.82, 2.24) is 14.5 Å². The summed E-state index contributed by atoms with van der Waals surface area (Å²) in [5.74, 6) is 0.370. The number of halogens is 1. The van der Waals surface area contributed by atoms with Gasteiger partial charge in [0, 0.05) is 22.5 Å². The van der Waals surface area contributed by atoms with E-state index in [1.807, 2.05) is 68.4 Å². The fraction of sp³-hybridized carbons (Fsp3) is 0.258. The quantitative estimate of drug-likeness (QED) is 0.243. The topological polar surface area (TPSA) is 94.4 Å². The molecule has 2 aromatic heterocycles. The van der Waals surface area contributed by atoms with Crippen LogP contribution in [0.3, 0.4) is 0 Å². The molecule has 0 bridgehead atoms. The maximum Gasteiger partial charge on any atom is 0.297 e. The number of furan rings is 1. The Morgan fingerprint density at radius 1 is 1.10 bits per heavy atom. The zero-order valence-corrected chi connectivity index (χ0v) is 22.8. The maximum atomic E-state index is 14.0. The third-order valence-electron chi connectivity index (χ3n) is 6.97. The molecule has 0 radical (unpaired) electrons. The van der Waals surface area contributed by atoms with Crippen molar-refractivity contribution >= 4 is 39.6 Å². The van der Waals surface area contributed by atoms with Gasteiger partial charge in [-0.3, -0.25) is 14.2 Å². The summed E-state index contributed by atoms with van der Waals surface area (Å²) in [6, 6.07) is 22.0. The molecule has 7 nitrogen and oxygen atoms in total. The number of aromatic nitrogens is 2. The Morgan fingerprint density at radius 3 is 2.54 bits per heavy atom. The highest BCUT2D eigenvalue weighted by Gasteiger charge is 2.30. The first-order valence-electron chi connectivity index (χ1n) is 13.2. The highest BCUT2D eigenvalue weighted by Crippen LogP contribution is 2.31. The van der Waals surface area contributed by atoms with E-state index in [0.29, 0.717) is 58.8 Å². The smallest absolute Gasteiger partial charge is 0.297 e. The normalized spacial score (nSPS) is 12.2. The molecule has 1 unspecified atom stereocenters. The van der Waals surface area contributed by atoms with Crippen molar-refractivity contribution in [3.8, 4) is 0 Å². The van der Waals surface area contributed by atoms with E-state index in [1.54, 1.807) is 27.7 Å². The standard InChI is InChI=1S/C31H31ClN4O3/c1-3-25(35(17-7-16-33)30(37)22-12-10-20(2)11-13-22)29-34-27-24-18-23(32)14-15-26(24)39-28(27)31(38)36(29)19-21-8-5-4-6-9-21/h4-6,8-15,18,25H,3,7,16-17,19,33H2,1-2H3. The van der Waals surface area contributed by atoms with Crippen LogP contribution in [-0.2, 0) is 6.54 Å². The average molecular weight is 543 g/mol. The van der Waals surface area contributed by atoms with E-state index < -0.39 is 6.04 Å². The molecule has 0 aliphatic carbocycles. The maximum absolute atomic E-state index is 14.0. The minimum Gasteiger partial charge on any atom is -0.448 e. The Morgan fingerprint density at radius 2 is 1.85 bits per heavy atom. The summed E-state index contributed by atoms with van der Waals surface area (Å²) < 4.78 is 7.62. The average Bonchev–Trinajstić information content (AvgIpc) is 3.31. The van der Waals surface area contributed by atoms with Crippen LogP contribution in [-0.4, -0.2) is 33.4 Å². The van der Waals surface area contributed by atoms with Crippen LogP contribution >= 0.6 is 11.6 Å². The van der Waals surface area contributed by atoms with Crippen molar-refractivity contribution in [2.24, 2.45) is 5.73 Å². The van der Waals surface area contributed by atoms with E-state index in [0.717, 1.165) is 11.1 Å². The molecular weight excluding hydrogens is 512 g/mol. The molecule has 0 fully saturated rings. The molecule has 0 saturated heterocycles. The predicted octanol–water partition coefficient (Wildman–Crippen LogP) is 6.10. The van der Waals surface area contributed by atoms with E-state index in [4.69, 9.17) is 26.7 Å². The van der Waals surface area contributed by atoms with Crippen molar-refractivity contribution in [1.29, 1.82) is 0 Å². The molecule has 5 aromatic rings. The number of rotatable bonds is 9. The second-order valence-electron chi connectivity index (χ2n) is 9.70. The van der Waals surface area contributed by atoms with E-state index in [2.05, 4.69) is 0 Å². The van der Waals surface area contributed by atoms with Crippen LogP contribution < -0.4 is 11.3 Å². The molecule has 2 heterocycles. The van der Waals surface area contributed by atoms with Gasteiger partial charge in [-0.25, -0.2) is 4.98 Å². The third-order valence-corrected chi connectivity index (χ3v) is 7.21. The number of aryl methyl sites for hydroxylation is 1. The molecule has 0 saturated carbocycles. The molecule has 8 heteroatoms. The molecule has 200 valence electrons. The Kier molecular flexibility index (Phi) is 7.82. The minimum absolute atomic E-state index is 0.129. The fourth-order valence-corrected chi connectivity index (χ4v) is 5.12. The van der Waals surface area contributed by atoms with Crippen molar-refractivity contribution in [2.75, 3.05) is 13.1 Å². The van der Waals surface area contributed by atoms with Gasteiger partial charge in [-0.05, 0) is 62.2 Å². The molecule has 0 spiro atoms. The number of benzene rings is 3. The number of hydrogen-bond acceptors (Lipinski definition) is 5. The van der Waals surface area contributed by atoms with Gasteiger partial charge in [0.15, 0.2) is 0 Å². The van der Waals surface area contributed by atoms with E-state index in [9.17, 15) is 9.59 Å². The van der Waals surface area contributed by atoms with Gasteiger partial charge in [-0.15, -0.1) is 0 Å². The van der Waals surface area contributed by atoms with Crippen LogP contribution in [0.4, 0.5) is 0 Å². The number of nitrogens with two attached hydrogens (primary N) is 1. The lowest BCUT2D eigenvalue weighted by molar-refractivity contribution is 0.0655. The molecule has 1 atom stereocenters. The Labute approximate surface area is 231 Å². The Bertz CT molecular complexity index is 1680. The van der Waals surface area contributed by atoms with Gasteiger partial charge in [-0.1, -0.05) is 66.6 Å². The monoisotopic (exact) mass is 542 g/mol. The van der Waals surface area contributed by atoms with Gasteiger partial charge in [0.25, 0.3) is 11.5 Å². The molecule has 2 N–H and O–H groups in total. The largest absolute Gasteiger partial charge is 0.448 e. The van der Waals surface area contributed by atoms with Crippen LogP contribution in [0.25, 0.3) is 22.1 Å². The molecule has 0 aliphatic heterocycles. The van der Waals surface area contributed by atoms with Gasteiger partial charge >= 0.3 is 0 Å². The van der Waals surface area contributed by atoms with Crippen molar-refractivity contribution in [2.45, 2.75) is 39.3 Å². The summed E-state index contributed by atoms with van der Waals surface area (Å²) in [4.78, 5) is 34.7. The second-order valence-corrected chi connectivity index (χ2v) is 10.1. The predicted molar refractivity (Wildman–Crippen MR) is 155 cm³/mol. The zero-order chi connectivity index (χ0) is 27.5. The lowest BCUT2D eigenvalue weighted by Crippen LogP contribution is -2.40. The van der Waals surface area contributed by atoms with Gasteiger partial charge in [0.1, 0.15) is 16.9 Å². The van der Waals surface area contributed by atoms with Gasteiger partial charge in [0.2, 0.25) is 5.58 Å². The Hall–Kier alpha value is -3.94. The highest BCUT2D eigenvalue weighted by molar-refractivity contribution is 6.31. The summed E-state index contributed by atoms with van der Waals surface area (Å²) in [5, 5.41) is 1.18. The summed E-state index contributed by atoms with van der Waals surface area (Å²) in [5.41, 5.74) is 9.31. The zero-order valence-electron chi connectivity index (χ0n) is 22.1. The SMILES string of the molecule is CCC(c1nc2c(oc3ccc(Cl)cc32)c(=O)n1Cc1ccccc1)N(CCCN)C(=O)c1ccc(C)cc1.